The first kappa shape index (κ1) is 11.8. The maximum absolute atomic E-state index is 5.47. The third-order valence-corrected chi connectivity index (χ3v) is 3.92. The molecule has 2 aliphatic heterocycles. The van der Waals surface area contributed by atoms with Crippen LogP contribution in [0.5, 0.6) is 5.88 Å². The van der Waals surface area contributed by atoms with Crippen molar-refractivity contribution >= 4 is 5.82 Å². The fraction of sp³-hybridized carbons (Fsp3) is 0.643. The maximum atomic E-state index is 5.47. The molecule has 0 aromatic carbocycles. The number of piperidine rings is 1. The number of fused-ring (bicyclic) bond motifs is 1. The monoisotopic (exact) mass is 247 g/mol. The van der Waals surface area contributed by atoms with Crippen LogP contribution in [0.3, 0.4) is 0 Å². The fourth-order valence-electron chi connectivity index (χ4n) is 3.04. The Morgan fingerprint density at radius 2 is 2.39 bits per heavy atom. The Labute approximate surface area is 108 Å². The standard InChI is InChI=1S/C14H21N3O/c1-2-18-14-7-3-6-13(16-14)17-9-11-5-4-8-15-12(11)10-17/h3,6-7,11-12,15H,2,4-5,8-10H2,1H3/t11-,12+/m0/s1. The van der Waals surface area contributed by atoms with E-state index in [9.17, 15) is 0 Å². The minimum absolute atomic E-state index is 0.649. The van der Waals surface area contributed by atoms with E-state index in [0.717, 1.165) is 30.7 Å². The molecule has 0 aliphatic carbocycles. The van der Waals surface area contributed by atoms with Gasteiger partial charge in [-0.1, -0.05) is 6.07 Å². The zero-order valence-electron chi connectivity index (χ0n) is 10.9. The topological polar surface area (TPSA) is 37.4 Å². The molecule has 2 atom stereocenters. The van der Waals surface area contributed by atoms with Crippen molar-refractivity contribution in [2.75, 3.05) is 31.1 Å². The lowest BCUT2D eigenvalue weighted by atomic mass is 9.94. The number of rotatable bonds is 3. The number of anilines is 1. The van der Waals surface area contributed by atoms with Gasteiger partial charge in [0.2, 0.25) is 5.88 Å². The van der Waals surface area contributed by atoms with E-state index in [-0.39, 0.29) is 0 Å². The van der Waals surface area contributed by atoms with E-state index in [0.29, 0.717) is 12.6 Å². The van der Waals surface area contributed by atoms with Gasteiger partial charge in [0.25, 0.3) is 0 Å². The Morgan fingerprint density at radius 1 is 1.44 bits per heavy atom. The van der Waals surface area contributed by atoms with Gasteiger partial charge in [0.1, 0.15) is 5.82 Å². The largest absolute Gasteiger partial charge is 0.478 e. The second-order valence-electron chi connectivity index (χ2n) is 5.13. The van der Waals surface area contributed by atoms with Crippen LogP contribution in [-0.2, 0) is 0 Å². The van der Waals surface area contributed by atoms with Gasteiger partial charge in [-0.2, -0.15) is 4.98 Å². The summed E-state index contributed by atoms with van der Waals surface area (Å²) in [5.74, 6) is 2.58. The molecule has 2 aliphatic rings. The number of ether oxygens (including phenoxy) is 1. The van der Waals surface area contributed by atoms with Crippen molar-refractivity contribution in [3.05, 3.63) is 18.2 Å². The second kappa shape index (κ2) is 5.14. The third-order valence-electron chi connectivity index (χ3n) is 3.92. The predicted molar refractivity (Wildman–Crippen MR) is 72.1 cm³/mol. The summed E-state index contributed by atoms with van der Waals surface area (Å²) >= 11 is 0. The van der Waals surface area contributed by atoms with Crippen molar-refractivity contribution in [2.45, 2.75) is 25.8 Å². The normalized spacial score (nSPS) is 27.1. The smallest absolute Gasteiger partial charge is 0.215 e. The molecule has 4 nitrogen and oxygen atoms in total. The second-order valence-corrected chi connectivity index (χ2v) is 5.13. The number of hydrogen-bond donors (Lipinski definition) is 1. The summed E-state index contributed by atoms with van der Waals surface area (Å²) in [4.78, 5) is 6.96. The predicted octanol–water partition coefficient (Wildman–Crippen LogP) is 1.67. The molecule has 1 aromatic heterocycles. The van der Waals surface area contributed by atoms with Crippen molar-refractivity contribution < 1.29 is 4.74 Å². The Balaban J connectivity index is 1.73. The van der Waals surface area contributed by atoms with E-state index in [1.165, 1.54) is 19.4 Å². The Hall–Kier alpha value is -1.29. The average Bonchev–Trinajstić information content (AvgIpc) is 2.83. The molecule has 0 bridgehead atoms. The highest BCUT2D eigenvalue weighted by molar-refractivity contribution is 5.42. The summed E-state index contributed by atoms with van der Waals surface area (Å²) in [5, 5.41) is 3.62. The minimum atomic E-state index is 0.649. The van der Waals surface area contributed by atoms with Crippen LogP contribution in [0.4, 0.5) is 5.82 Å². The Bertz CT molecular complexity index is 396. The summed E-state index contributed by atoms with van der Waals surface area (Å²) in [6, 6.07) is 6.69. The zero-order chi connectivity index (χ0) is 12.4. The van der Waals surface area contributed by atoms with Crippen LogP contribution in [0.25, 0.3) is 0 Å². The molecule has 4 heteroatoms. The Kier molecular flexibility index (Phi) is 3.37. The molecule has 0 radical (unpaired) electrons. The number of aromatic nitrogens is 1. The Morgan fingerprint density at radius 3 is 3.22 bits per heavy atom. The highest BCUT2D eigenvalue weighted by Crippen LogP contribution is 2.28. The van der Waals surface area contributed by atoms with Crippen LogP contribution < -0.4 is 15.0 Å². The van der Waals surface area contributed by atoms with Crippen molar-refractivity contribution in [1.82, 2.24) is 10.3 Å². The van der Waals surface area contributed by atoms with Crippen LogP contribution >= 0.6 is 0 Å². The summed E-state index contributed by atoms with van der Waals surface area (Å²) in [5.41, 5.74) is 0. The SMILES string of the molecule is CCOc1cccc(N2C[C@@H]3CCCN[C@@H]3C2)n1. The number of nitrogens with zero attached hydrogens (tertiary/aromatic N) is 2. The van der Waals surface area contributed by atoms with E-state index >= 15 is 0 Å². The molecule has 98 valence electrons. The van der Waals surface area contributed by atoms with Gasteiger partial charge in [-0.3, -0.25) is 0 Å². The van der Waals surface area contributed by atoms with Gasteiger partial charge in [0.05, 0.1) is 6.61 Å². The minimum Gasteiger partial charge on any atom is -0.478 e. The van der Waals surface area contributed by atoms with E-state index in [1.54, 1.807) is 0 Å². The number of hydrogen-bond acceptors (Lipinski definition) is 4. The lowest BCUT2D eigenvalue weighted by Gasteiger charge is -2.24. The first-order valence-electron chi connectivity index (χ1n) is 6.95. The van der Waals surface area contributed by atoms with Gasteiger partial charge < -0.3 is 15.0 Å². The molecule has 1 N–H and O–H groups in total. The third kappa shape index (κ3) is 2.29. The van der Waals surface area contributed by atoms with Gasteiger partial charge in [-0.15, -0.1) is 0 Å². The highest BCUT2D eigenvalue weighted by atomic mass is 16.5. The molecule has 3 heterocycles. The molecule has 2 fully saturated rings. The number of pyridine rings is 1. The molecule has 1 aromatic rings. The first-order valence-corrected chi connectivity index (χ1v) is 6.95. The molecule has 18 heavy (non-hydrogen) atoms. The van der Waals surface area contributed by atoms with Gasteiger partial charge >= 0.3 is 0 Å². The molecule has 0 saturated carbocycles. The maximum Gasteiger partial charge on any atom is 0.215 e. The van der Waals surface area contributed by atoms with E-state index in [2.05, 4.69) is 21.3 Å². The average molecular weight is 247 g/mol. The van der Waals surface area contributed by atoms with Crippen molar-refractivity contribution in [1.29, 1.82) is 0 Å². The van der Waals surface area contributed by atoms with Crippen molar-refractivity contribution in [3.8, 4) is 5.88 Å². The van der Waals surface area contributed by atoms with E-state index in [1.807, 2.05) is 19.1 Å². The molecule has 3 rings (SSSR count). The van der Waals surface area contributed by atoms with Crippen molar-refractivity contribution in [2.24, 2.45) is 5.92 Å². The molecule has 0 spiro atoms. The lowest BCUT2D eigenvalue weighted by molar-refractivity contribution is 0.327. The zero-order valence-corrected chi connectivity index (χ0v) is 10.9. The fourth-order valence-corrected chi connectivity index (χ4v) is 3.04. The molecule has 0 unspecified atom stereocenters. The lowest BCUT2D eigenvalue weighted by Crippen LogP contribution is -2.40. The van der Waals surface area contributed by atoms with Crippen LogP contribution in [0.1, 0.15) is 19.8 Å². The van der Waals surface area contributed by atoms with Crippen LogP contribution in [0, 0.1) is 5.92 Å². The van der Waals surface area contributed by atoms with Gasteiger partial charge in [0, 0.05) is 25.2 Å². The molecular formula is C14H21N3O. The summed E-state index contributed by atoms with van der Waals surface area (Å²) in [6.07, 6.45) is 2.65. The quantitative estimate of drug-likeness (QED) is 0.881. The highest BCUT2D eigenvalue weighted by Gasteiger charge is 2.34. The molecule has 2 saturated heterocycles. The summed E-state index contributed by atoms with van der Waals surface area (Å²) in [6.45, 7) is 6.03. The van der Waals surface area contributed by atoms with Gasteiger partial charge in [0.15, 0.2) is 0 Å². The number of nitrogens with one attached hydrogen (secondary N) is 1. The van der Waals surface area contributed by atoms with Gasteiger partial charge in [-0.05, 0) is 38.3 Å². The van der Waals surface area contributed by atoms with E-state index < -0.39 is 0 Å². The van der Waals surface area contributed by atoms with Gasteiger partial charge in [-0.25, -0.2) is 0 Å². The molecule has 0 amide bonds. The summed E-state index contributed by atoms with van der Waals surface area (Å²) in [7, 11) is 0. The molecular weight excluding hydrogens is 226 g/mol. The summed E-state index contributed by atoms with van der Waals surface area (Å²) < 4.78 is 5.47. The van der Waals surface area contributed by atoms with Crippen molar-refractivity contribution in [3.63, 3.8) is 0 Å². The van der Waals surface area contributed by atoms with E-state index in [4.69, 9.17) is 4.74 Å². The van der Waals surface area contributed by atoms with Crippen LogP contribution in [0.2, 0.25) is 0 Å². The van der Waals surface area contributed by atoms with Crippen LogP contribution in [-0.4, -0.2) is 37.3 Å². The first-order chi connectivity index (χ1) is 8.86. The van der Waals surface area contributed by atoms with Crippen LogP contribution in [0.15, 0.2) is 18.2 Å².